The molecule has 1 aromatic heterocycles. The van der Waals surface area contributed by atoms with Gasteiger partial charge in [0.05, 0.1) is 24.8 Å². The van der Waals surface area contributed by atoms with E-state index in [9.17, 15) is 9.59 Å². The molecule has 0 saturated carbocycles. The molecule has 5 heteroatoms. The molecule has 0 radical (unpaired) electrons. The van der Waals surface area contributed by atoms with Gasteiger partial charge in [-0.15, -0.1) is 0 Å². The summed E-state index contributed by atoms with van der Waals surface area (Å²) >= 11 is 0. The predicted molar refractivity (Wildman–Crippen MR) is 116 cm³/mol. The topological polar surface area (TPSA) is 68.4 Å². The van der Waals surface area contributed by atoms with E-state index < -0.39 is 5.97 Å². The Morgan fingerprint density at radius 3 is 2.47 bits per heavy atom. The number of ketones is 1. The zero-order chi connectivity index (χ0) is 20.9. The van der Waals surface area contributed by atoms with Crippen molar-refractivity contribution in [2.24, 2.45) is 0 Å². The number of ether oxygens (including phenoxy) is 2. The number of nitrogens with one attached hydrogen (secondary N) is 1. The van der Waals surface area contributed by atoms with Crippen LogP contribution in [-0.4, -0.2) is 30.5 Å². The molecule has 30 heavy (non-hydrogen) atoms. The minimum atomic E-state index is -0.460. The van der Waals surface area contributed by atoms with Gasteiger partial charge in [-0.25, -0.2) is 0 Å². The van der Waals surface area contributed by atoms with Crippen LogP contribution in [-0.2, 0) is 16.0 Å². The first-order valence-electron chi connectivity index (χ1n) is 9.63. The van der Waals surface area contributed by atoms with Crippen molar-refractivity contribution in [3.05, 3.63) is 90.0 Å². The number of para-hydroxylation sites is 1. The number of hydrogen-bond acceptors (Lipinski definition) is 4. The Bertz CT molecular complexity index is 1190. The van der Waals surface area contributed by atoms with Crippen molar-refractivity contribution in [3.8, 4) is 17.0 Å². The second kappa shape index (κ2) is 8.66. The Kier molecular flexibility index (Phi) is 5.61. The third kappa shape index (κ3) is 4.10. The van der Waals surface area contributed by atoms with Gasteiger partial charge in [-0.2, -0.15) is 0 Å². The van der Waals surface area contributed by atoms with E-state index in [2.05, 4.69) is 4.98 Å². The maximum absolute atomic E-state index is 13.1. The van der Waals surface area contributed by atoms with Crippen molar-refractivity contribution in [3.63, 3.8) is 0 Å². The molecule has 4 rings (SSSR count). The molecule has 0 fully saturated rings. The number of hydrogen-bond donors (Lipinski definition) is 1. The lowest BCUT2D eigenvalue weighted by Gasteiger charge is -2.07. The third-order valence-electron chi connectivity index (χ3n) is 4.89. The number of rotatable bonds is 7. The SMILES string of the molecule is COc1cccc(CC(=O)OCC(=O)c2c(-c3ccccc3)[nH]c3ccccc23)c1. The van der Waals surface area contributed by atoms with Crippen molar-refractivity contribution in [1.29, 1.82) is 0 Å². The van der Waals surface area contributed by atoms with Gasteiger partial charge in [-0.3, -0.25) is 9.59 Å². The van der Waals surface area contributed by atoms with E-state index >= 15 is 0 Å². The molecule has 1 N–H and O–H groups in total. The van der Waals surface area contributed by atoms with Crippen LogP contribution in [0.3, 0.4) is 0 Å². The minimum Gasteiger partial charge on any atom is -0.497 e. The van der Waals surface area contributed by atoms with E-state index in [0.29, 0.717) is 11.3 Å². The molecule has 0 aliphatic rings. The van der Waals surface area contributed by atoms with Crippen LogP contribution >= 0.6 is 0 Å². The summed E-state index contributed by atoms with van der Waals surface area (Å²) < 4.78 is 10.5. The number of aromatic amines is 1. The molecule has 1 heterocycles. The number of carbonyl (C=O) groups is 2. The lowest BCUT2D eigenvalue weighted by molar-refractivity contribution is -0.141. The van der Waals surface area contributed by atoms with Gasteiger partial charge < -0.3 is 14.5 Å². The van der Waals surface area contributed by atoms with E-state index in [4.69, 9.17) is 9.47 Å². The highest BCUT2D eigenvalue weighted by Gasteiger charge is 2.20. The van der Waals surface area contributed by atoms with Gasteiger partial charge in [0.1, 0.15) is 5.75 Å². The van der Waals surface area contributed by atoms with Crippen molar-refractivity contribution in [2.75, 3.05) is 13.7 Å². The molecule has 4 aromatic rings. The lowest BCUT2D eigenvalue weighted by Crippen LogP contribution is -2.16. The van der Waals surface area contributed by atoms with Gasteiger partial charge >= 0.3 is 5.97 Å². The molecule has 0 aliphatic heterocycles. The average molecular weight is 399 g/mol. The zero-order valence-electron chi connectivity index (χ0n) is 16.6. The van der Waals surface area contributed by atoms with E-state index in [0.717, 1.165) is 27.7 Å². The smallest absolute Gasteiger partial charge is 0.310 e. The molecule has 150 valence electrons. The minimum absolute atomic E-state index is 0.0733. The summed E-state index contributed by atoms with van der Waals surface area (Å²) in [6.07, 6.45) is 0.0733. The molecular formula is C25H21NO4. The number of H-pyrrole nitrogens is 1. The zero-order valence-corrected chi connectivity index (χ0v) is 16.6. The molecule has 0 atom stereocenters. The Morgan fingerprint density at radius 1 is 0.900 bits per heavy atom. The maximum atomic E-state index is 13.1. The van der Waals surface area contributed by atoms with Gasteiger partial charge in [0.15, 0.2) is 6.61 Å². The number of fused-ring (bicyclic) bond motifs is 1. The predicted octanol–water partition coefficient (Wildman–Crippen LogP) is 4.81. The largest absolute Gasteiger partial charge is 0.497 e. The summed E-state index contributed by atoms with van der Waals surface area (Å²) in [5, 5.41) is 0.810. The molecule has 0 aliphatic carbocycles. The highest BCUT2D eigenvalue weighted by Crippen LogP contribution is 2.30. The molecule has 0 amide bonds. The number of Topliss-reactive ketones (excluding diaryl/α,β-unsaturated/α-hetero) is 1. The number of benzene rings is 3. The summed E-state index contributed by atoms with van der Waals surface area (Å²) in [4.78, 5) is 28.7. The first-order valence-corrected chi connectivity index (χ1v) is 9.63. The average Bonchev–Trinajstić information content (AvgIpc) is 3.18. The Morgan fingerprint density at radius 2 is 1.67 bits per heavy atom. The quantitative estimate of drug-likeness (QED) is 0.358. The fraction of sp³-hybridized carbons (Fsp3) is 0.120. The van der Waals surface area contributed by atoms with E-state index in [1.54, 1.807) is 19.2 Å². The van der Waals surface area contributed by atoms with Crippen LogP contribution < -0.4 is 4.74 Å². The number of esters is 1. The highest BCUT2D eigenvalue weighted by atomic mass is 16.5. The fourth-order valence-electron chi connectivity index (χ4n) is 3.47. The standard InChI is InChI=1S/C25H21NO4/c1-29-19-11-7-8-17(14-19)15-23(28)30-16-22(27)24-20-12-5-6-13-21(20)26-25(24)18-9-3-2-4-10-18/h2-14,26H,15-16H2,1H3. The van der Waals surface area contributed by atoms with Crippen LogP contribution in [0.25, 0.3) is 22.2 Å². The summed E-state index contributed by atoms with van der Waals surface area (Å²) in [6, 6.07) is 24.5. The molecule has 3 aromatic carbocycles. The lowest BCUT2D eigenvalue weighted by atomic mass is 10.0. The Hall–Kier alpha value is -3.86. The van der Waals surface area contributed by atoms with Gasteiger partial charge in [-0.05, 0) is 29.3 Å². The van der Waals surface area contributed by atoms with Gasteiger partial charge in [0.25, 0.3) is 0 Å². The first kappa shape index (κ1) is 19.5. The molecule has 5 nitrogen and oxygen atoms in total. The van der Waals surface area contributed by atoms with Crippen molar-refractivity contribution >= 4 is 22.7 Å². The van der Waals surface area contributed by atoms with Crippen molar-refractivity contribution in [1.82, 2.24) is 4.98 Å². The monoisotopic (exact) mass is 399 g/mol. The summed E-state index contributed by atoms with van der Waals surface area (Å²) in [7, 11) is 1.57. The molecule has 0 saturated heterocycles. The molecular weight excluding hydrogens is 378 g/mol. The van der Waals surface area contributed by atoms with Crippen molar-refractivity contribution < 1.29 is 19.1 Å². The second-order valence-electron chi connectivity index (χ2n) is 6.90. The Balaban J connectivity index is 1.54. The molecule has 0 bridgehead atoms. The Labute approximate surface area is 174 Å². The van der Waals surface area contributed by atoms with Crippen LogP contribution in [0.15, 0.2) is 78.9 Å². The highest BCUT2D eigenvalue weighted by molar-refractivity contribution is 6.14. The number of methoxy groups -OCH3 is 1. The summed E-state index contributed by atoms with van der Waals surface area (Å²) in [5.74, 6) is -0.0364. The van der Waals surface area contributed by atoms with Crippen LogP contribution in [0.4, 0.5) is 0 Å². The third-order valence-corrected chi connectivity index (χ3v) is 4.89. The normalized spacial score (nSPS) is 10.7. The van der Waals surface area contributed by atoms with E-state index in [-0.39, 0.29) is 18.8 Å². The summed E-state index contributed by atoms with van der Waals surface area (Å²) in [5.41, 5.74) is 3.79. The first-order chi connectivity index (χ1) is 14.7. The van der Waals surface area contributed by atoms with Gasteiger partial charge in [0, 0.05) is 10.9 Å². The summed E-state index contributed by atoms with van der Waals surface area (Å²) in [6.45, 7) is -0.315. The number of carbonyl (C=O) groups excluding carboxylic acids is 2. The molecule has 0 spiro atoms. The van der Waals surface area contributed by atoms with E-state index in [1.165, 1.54) is 0 Å². The van der Waals surface area contributed by atoms with Crippen LogP contribution in [0.5, 0.6) is 5.75 Å². The molecule has 0 unspecified atom stereocenters. The van der Waals surface area contributed by atoms with Crippen molar-refractivity contribution in [2.45, 2.75) is 6.42 Å². The van der Waals surface area contributed by atoms with Gasteiger partial charge in [-0.1, -0.05) is 60.7 Å². The van der Waals surface area contributed by atoms with Crippen LogP contribution in [0.1, 0.15) is 15.9 Å². The number of aromatic nitrogens is 1. The van der Waals surface area contributed by atoms with Crippen LogP contribution in [0.2, 0.25) is 0 Å². The fourth-order valence-corrected chi connectivity index (χ4v) is 3.47. The van der Waals surface area contributed by atoms with Gasteiger partial charge in [0.2, 0.25) is 5.78 Å². The van der Waals surface area contributed by atoms with E-state index in [1.807, 2.05) is 66.7 Å². The van der Waals surface area contributed by atoms with Crippen LogP contribution in [0, 0.1) is 0 Å². The second-order valence-corrected chi connectivity index (χ2v) is 6.90. The maximum Gasteiger partial charge on any atom is 0.310 e.